The fourth-order valence-corrected chi connectivity index (χ4v) is 3.31. The highest BCUT2D eigenvalue weighted by atomic mass is 16.5. The number of amidine groups is 1. The molecule has 2 rings (SSSR count). The molecule has 0 aromatic heterocycles. The Balaban J connectivity index is 2.21. The van der Waals surface area contributed by atoms with Crippen LogP contribution < -0.4 is 4.90 Å². The number of likely N-dealkylation sites (N-methyl/N-ethyl adjacent to an activating group) is 1. The number of rotatable bonds is 8. The molecule has 0 spiro atoms. The maximum atomic E-state index is 5.46. The molecule has 0 radical (unpaired) electrons. The zero-order chi connectivity index (χ0) is 19.6. The van der Waals surface area contributed by atoms with Crippen LogP contribution in [0.3, 0.4) is 0 Å². The van der Waals surface area contributed by atoms with Crippen LogP contribution in [-0.2, 0) is 11.3 Å². The van der Waals surface area contributed by atoms with Gasteiger partial charge in [0.15, 0.2) is 0 Å². The Morgan fingerprint density at radius 1 is 1.33 bits per heavy atom. The van der Waals surface area contributed by atoms with Crippen molar-refractivity contribution in [3.05, 3.63) is 41.6 Å². The van der Waals surface area contributed by atoms with Crippen molar-refractivity contribution in [2.75, 3.05) is 44.3 Å². The summed E-state index contributed by atoms with van der Waals surface area (Å²) >= 11 is 0. The van der Waals surface area contributed by atoms with Gasteiger partial charge in [0, 0.05) is 43.6 Å². The average molecular weight is 371 g/mol. The molecule has 5 nitrogen and oxygen atoms in total. The van der Waals surface area contributed by atoms with Gasteiger partial charge in [-0.2, -0.15) is 0 Å². The number of nitrogens with zero attached hydrogens (tertiary/aromatic N) is 4. The largest absolute Gasteiger partial charge is 0.378 e. The van der Waals surface area contributed by atoms with Crippen molar-refractivity contribution in [2.45, 2.75) is 34.2 Å². The van der Waals surface area contributed by atoms with E-state index in [1.807, 2.05) is 0 Å². The fraction of sp³-hybridized carbons (Fsp3) is 0.545. The van der Waals surface area contributed by atoms with Crippen LogP contribution in [0.25, 0.3) is 0 Å². The molecule has 27 heavy (non-hydrogen) atoms. The van der Waals surface area contributed by atoms with Crippen LogP contribution in [0.15, 0.2) is 46.0 Å². The molecule has 0 aliphatic carbocycles. The van der Waals surface area contributed by atoms with Crippen LogP contribution in [-0.4, -0.2) is 56.8 Å². The Morgan fingerprint density at radius 2 is 2.07 bits per heavy atom. The average Bonchev–Trinajstić information content (AvgIpc) is 2.68. The maximum absolute atomic E-state index is 5.46. The Bertz CT molecular complexity index is 660. The van der Waals surface area contributed by atoms with Gasteiger partial charge in [-0.15, -0.1) is 0 Å². The molecule has 1 heterocycles. The van der Waals surface area contributed by atoms with E-state index in [1.165, 1.54) is 11.3 Å². The predicted molar refractivity (Wildman–Crippen MR) is 116 cm³/mol. The first-order chi connectivity index (χ1) is 13.0. The molecule has 0 saturated carbocycles. The number of hydrogen-bond donors (Lipinski definition) is 0. The molecule has 1 aliphatic heterocycles. The molecule has 5 heteroatoms. The van der Waals surface area contributed by atoms with E-state index in [0.29, 0.717) is 12.5 Å². The van der Waals surface area contributed by atoms with Gasteiger partial charge in [-0.3, -0.25) is 9.98 Å². The van der Waals surface area contributed by atoms with Gasteiger partial charge in [-0.05, 0) is 44.2 Å². The molecule has 0 N–H and O–H groups in total. The summed E-state index contributed by atoms with van der Waals surface area (Å²) in [5.41, 5.74) is 3.52. The van der Waals surface area contributed by atoms with E-state index >= 15 is 0 Å². The van der Waals surface area contributed by atoms with Crippen LogP contribution in [0.5, 0.6) is 0 Å². The summed E-state index contributed by atoms with van der Waals surface area (Å²) in [6.45, 7) is 18.3. The maximum Gasteiger partial charge on any atom is 0.128 e. The van der Waals surface area contributed by atoms with E-state index in [1.54, 1.807) is 6.20 Å². The highest BCUT2D eigenvalue weighted by Crippen LogP contribution is 2.19. The third-order valence-corrected chi connectivity index (χ3v) is 4.60. The topological polar surface area (TPSA) is 40.4 Å². The second kappa shape index (κ2) is 10.9. The molecule has 0 bridgehead atoms. The summed E-state index contributed by atoms with van der Waals surface area (Å²) in [5.74, 6) is 1.58. The van der Waals surface area contributed by atoms with Gasteiger partial charge in [0.25, 0.3) is 0 Å². The normalized spacial score (nSPS) is 16.0. The Labute approximate surface area is 164 Å². The van der Waals surface area contributed by atoms with Crippen LogP contribution in [0, 0.1) is 5.92 Å². The van der Waals surface area contributed by atoms with Crippen LogP contribution in [0.4, 0.5) is 5.69 Å². The first-order valence-electron chi connectivity index (χ1n) is 9.89. The first kappa shape index (κ1) is 21.2. The van der Waals surface area contributed by atoms with Gasteiger partial charge in [0.1, 0.15) is 5.84 Å². The number of anilines is 1. The van der Waals surface area contributed by atoms with Crippen molar-refractivity contribution in [3.63, 3.8) is 0 Å². The molecule has 0 unspecified atom stereocenters. The predicted octanol–water partition coefficient (Wildman–Crippen LogP) is 4.00. The van der Waals surface area contributed by atoms with E-state index in [4.69, 9.17) is 9.73 Å². The molecular formula is C22H34N4O. The third-order valence-electron chi connectivity index (χ3n) is 4.60. The van der Waals surface area contributed by atoms with Gasteiger partial charge < -0.3 is 14.5 Å². The van der Waals surface area contributed by atoms with E-state index in [9.17, 15) is 0 Å². The van der Waals surface area contributed by atoms with Crippen LogP contribution in [0.2, 0.25) is 0 Å². The van der Waals surface area contributed by atoms with Crippen LogP contribution >= 0.6 is 0 Å². The quantitative estimate of drug-likeness (QED) is 0.513. The second-order valence-electron chi connectivity index (χ2n) is 7.34. The molecule has 1 aliphatic rings. The fourth-order valence-electron chi connectivity index (χ4n) is 3.31. The van der Waals surface area contributed by atoms with E-state index in [-0.39, 0.29) is 0 Å². The van der Waals surface area contributed by atoms with Crippen molar-refractivity contribution >= 4 is 18.2 Å². The summed E-state index contributed by atoms with van der Waals surface area (Å²) in [5, 5.41) is 0. The molecule has 1 aromatic rings. The SMILES string of the molecule is C=N/C=C(/C)C(=NCc1cccc(N2CCOCC2)c1)N(CC)CC(C)C. The third kappa shape index (κ3) is 6.51. The van der Waals surface area contributed by atoms with Gasteiger partial charge in [0.2, 0.25) is 0 Å². The first-order valence-corrected chi connectivity index (χ1v) is 9.89. The van der Waals surface area contributed by atoms with Crippen molar-refractivity contribution in [1.29, 1.82) is 0 Å². The summed E-state index contributed by atoms with van der Waals surface area (Å²) in [6.07, 6.45) is 1.80. The number of morpholine rings is 1. The zero-order valence-corrected chi connectivity index (χ0v) is 17.3. The Kier molecular flexibility index (Phi) is 8.52. The molecule has 1 aromatic carbocycles. The lowest BCUT2D eigenvalue weighted by molar-refractivity contribution is 0.122. The van der Waals surface area contributed by atoms with Crippen molar-refractivity contribution < 1.29 is 4.74 Å². The lowest BCUT2D eigenvalue weighted by Crippen LogP contribution is -2.36. The van der Waals surface area contributed by atoms with Crippen molar-refractivity contribution in [3.8, 4) is 0 Å². The molecule has 1 saturated heterocycles. The lowest BCUT2D eigenvalue weighted by atomic mass is 10.1. The smallest absolute Gasteiger partial charge is 0.128 e. The minimum Gasteiger partial charge on any atom is -0.378 e. The number of aliphatic imine (C=N–C) groups is 2. The van der Waals surface area contributed by atoms with E-state index in [0.717, 1.165) is 50.8 Å². The molecule has 148 valence electrons. The van der Waals surface area contributed by atoms with Gasteiger partial charge >= 0.3 is 0 Å². The molecule has 1 fully saturated rings. The van der Waals surface area contributed by atoms with Gasteiger partial charge in [-0.25, -0.2) is 0 Å². The van der Waals surface area contributed by atoms with Crippen molar-refractivity contribution in [1.82, 2.24) is 4.90 Å². The molecular weight excluding hydrogens is 336 g/mol. The summed E-state index contributed by atoms with van der Waals surface area (Å²) in [6, 6.07) is 8.68. The summed E-state index contributed by atoms with van der Waals surface area (Å²) in [4.78, 5) is 13.6. The second-order valence-corrected chi connectivity index (χ2v) is 7.34. The number of hydrogen-bond acceptors (Lipinski definition) is 4. The number of benzene rings is 1. The van der Waals surface area contributed by atoms with E-state index < -0.39 is 0 Å². The Morgan fingerprint density at radius 3 is 2.70 bits per heavy atom. The minimum atomic E-state index is 0.573. The van der Waals surface area contributed by atoms with Crippen molar-refractivity contribution in [2.24, 2.45) is 15.9 Å². The number of ether oxygens (including phenoxy) is 1. The monoisotopic (exact) mass is 370 g/mol. The molecule has 0 atom stereocenters. The lowest BCUT2D eigenvalue weighted by Gasteiger charge is -2.29. The van der Waals surface area contributed by atoms with Crippen LogP contribution in [0.1, 0.15) is 33.3 Å². The molecule has 0 amide bonds. The van der Waals surface area contributed by atoms with E-state index in [2.05, 4.69) is 73.5 Å². The summed E-state index contributed by atoms with van der Waals surface area (Å²) in [7, 11) is 0. The summed E-state index contributed by atoms with van der Waals surface area (Å²) < 4.78 is 5.46. The van der Waals surface area contributed by atoms with Gasteiger partial charge in [0.05, 0.1) is 19.8 Å². The van der Waals surface area contributed by atoms with Gasteiger partial charge in [-0.1, -0.05) is 26.0 Å². The highest BCUT2D eigenvalue weighted by Gasteiger charge is 2.14. The zero-order valence-electron chi connectivity index (χ0n) is 17.3. The minimum absolute atomic E-state index is 0.573. The highest BCUT2D eigenvalue weighted by molar-refractivity contribution is 5.97. The standard InChI is InChI=1S/C22H34N4O/c1-6-25(17-18(2)3)22(19(4)15-23-5)24-16-20-8-7-9-21(14-20)26-10-12-27-13-11-26/h7-9,14-15,18H,5-6,10-13,16-17H2,1-4H3/b19-15-,24-22?. The Hall–Kier alpha value is -2.14.